The molecule has 2 aromatic carbocycles. The number of rotatable bonds is 4. The lowest BCUT2D eigenvalue weighted by Crippen LogP contribution is -2.17. The molecule has 0 saturated heterocycles. The average molecular weight is 474 g/mol. The highest BCUT2D eigenvalue weighted by Crippen LogP contribution is 2.42. The summed E-state index contributed by atoms with van der Waals surface area (Å²) in [5.74, 6) is 1.35. The second kappa shape index (κ2) is 8.57. The van der Waals surface area contributed by atoms with Crippen LogP contribution in [0.5, 0.6) is 5.75 Å². The molecule has 8 heteroatoms. The van der Waals surface area contributed by atoms with E-state index in [1.165, 1.54) is 23.3 Å². The van der Waals surface area contributed by atoms with Crippen molar-refractivity contribution in [2.24, 2.45) is 4.99 Å². The highest BCUT2D eigenvalue weighted by Gasteiger charge is 2.34. The highest BCUT2D eigenvalue weighted by molar-refractivity contribution is 6.30. The van der Waals surface area contributed by atoms with Crippen LogP contribution >= 0.6 is 11.6 Å². The first kappa shape index (κ1) is 22.1. The fourth-order valence-corrected chi connectivity index (χ4v) is 4.64. The first-order valence-electron chi connectivity index (χ1n) is 11.1. The summed E-state index contributed by atoms with van der Waals surface area (Å²) in [4.78, 5) is 18.1. The first-order chi connectivity index (χ1) is 16.3. The number of aryl methyl sites for hydroxylation is 1. The van der Waals surface area contributed by atoms with E-state index < -0.39 is 6.04 Å². The van der Waals surface area contributed by atoms with Crippen LogP contribution in [0.15, 0.2) is 70.2 Å². The van der Waals surface area contributed by atoms with E-state index in [-0.39, 0.29) is 18.1 Å². The molecule has 0 spiro atoms. The normalized spacial score (nSPS) is 17.3. The minimum atomic E-state index is -0.525. The SMILES string of the molecule is CC1=C(C)C2=C(C1)n1c(C)nnc1C(CC(=O)Nc1ccc(O)cc1)N=C2c1ccc(Cl)cc1. The van der Waals surface area contributed by atoms with Gasteiger partial charge in [-0.15, -0.1) is 10.2 Å². The molecule has 1 aliphatic heterocycles. The quantitative estimate of drug-likeness (QED) is 0.491. The summed E-state index contributed by atoms with van der Waals surface area (Å²) >= 11 is 6.15. The Balaban J connectivity index is 1.59. The van der Waals surface area contributed by atoms with Crippen molar-refractivity contribution in [1.29, 1.82) is 0 Å². The Labute approximate surface area is 202 Å². The van der Waals surface area contributed by atoms with E-state index in [9.17, 15) is 9.90 Å². The zero-order chi connectivity index (χ0) is 24.0. The van der Waals surface area contributed by atoms with Crippen molar-refractivity contribution < 1.29 is 9.90 Å². The zero-order valence-electron chi connectivity index (χ0n) is 19.1. The summed E-state index contributed by atoms with van der Waals surface area (Å²) < 4.78 is 2.06. The van der Waals surface area contributed by atoms with Crippen LogP contribution < -0.4 is 5.32 Å². The maximum atomic E-state index is 13.0. The van der Waals surface area contributed by atoms with Gasteiger partial charge in [-0.05, 0) is 62.7 Å². The number of hydrogen-bond acceptors (Lipinski definition) is 5. The lowest BCUT2D eigenvalue weighted by molar-refractivity contribution is -0.116. The van der Waals surface area contributed by atoms with Crippen molar-refractivity contribution in [2.75, 3.05) is 5.32 Å². The second-order valence-electron chi connectivity index (χ2n) is 8.64. The molecule has 7 nitrogen and oxygen atoms in total. The molecule has 5 rings (SSSR count). The van der Waals surface area contributed by atoms with E-state index in [0.717, 1.165) is 34.8 Å². The molecule has 1 atom stereocenters. The number of amides is 1. The molecular formula is C26H24ClN5O2. The summed E-state index contributed by atoms with van der Waals surface area (Å²) in [7, 11) is 0. The van der Waals surface area contributed by atoms with Crippen LogP contribution in [0.2, 0.25) is 5.02 Å². The third-order valence-corrected chi connectivity index (χ3v) is 6.58. The number of carbonyl (C=O) groups is 1. The number of allylic oxidation sites excluding steroid dienone is 4. The predicted molar refractivity (Wildman–Crippen MR) is 133 cm³/mol. The van der Waals surface area contributed by atoms with Crippen molar-refractivity contribution in [3.8, 4) is 5.75 Å². The number of carbonyl (C=O) groups excluding carboxylic acids is 1. The van der Waals surface area contributed by atoms with Crippen molar-refractivity contribution in [3.63, 3.8) is 0 Å². The minimum Gasteiger partial charge on any atom is -0.508 e. The van der Waals surface area contributed by atoms with Gasteiger partial charge in [0.1, 0.15) is 17.6 Å². The molecule has 0 saturated carbocycles. The van der Waals surface area contributed by atoms with Gasteiger partial charge in [-0.1, -0.05) is 29.3 Å². The largest absolute Gasteiger partial charge is 0.508 e. The Morgan fingerprint density at radius 1 is 1.09 bits per heavy atom. The number of fused-ring (bicyclic) bond motifs is 2. The number of nitrogens with one attached hydrogen (secondary N) is 1. The number of phenolic OH excluding ortho intramolecular Hbond substituents is 1. The first-order valence-corrected chi connectivity index (χ1v) is 11.4. The van der Waals surface area contributed by atoms with E-state index in [1.807, 2.05) is 31.2 Å². The lowest BCUT2D eigenvalue weighted by atomic mass is 9.97. The highest BCUT2D eigenvalue weighted by atomic mass is 35.5. The third-order valence-electron chi connectivity index (χ3n) is 6.32. The van der Waals surface area contributed by atoms with Crippen LogP contribution in [0.3, 0.4) is 0 Å². The summed E-state index contributed by atoms with van der Waals surface area (Å²) in [5, 5.41) is 21.8. The Kier molecular flexibility index (Phi) is 5.57. The van der Waals surface area contributed by atoms with Gasteiger partial charge < -0.3 is 10.4 Å². The predicted octanol–water partition coefficient (Wildman–Crippen LogP) is 5.47. The Bertz CT molecular complexity index is 1380. The Morgan fingerprint density at radius 2 is 1.79 bits per heavy atom. The van der Waals surface area contributed by atoms with E-state index in [2.05, 4.69) is 33.9 Å². The van der Waals surface area contributed by atoms with Gasteiger partial charge in [-0.3, -0.25) is 14.4 Å². The maximum absolute atomic E-state index is 13.0. The van der Waals surface area contributed by atoms with Crippen molar-refractivity contribution >= 4 is 34.6 Å². The molecule has 34 heavy (non-hydrogen) atoms. The van der Waals surface area contributed by atoms with Gasteiger partial charge in [-0.2, -0.15) is 0 Å². The molecule has 1 amide bonds. The molecule has 0 radical (unpaired) electrons. The molecular weight excluding hydrogens is 450 g/mol. The molecule has 172 valence electrons. The van der Waals surface area contributed by atoms with Crippen molar-refractivity contribution in [2.45, 2.75) is 39.7 Å². The smallest absolute Gasteiger partial charge is 0.227 e. The Hall–Kier alpha value is -3.71. The fourth-order valence-electron chi connectivity index (χ4n) is 4.51. The van der Waals surface area contributed by atoms with Gasteiger partial charge >= 0.3 is 0 Å². The van der Waals surface area contributed by atoms with Crippen LogP contribution in [-0.4, -0.2) is 31.5 Å². The van der Waals surface area contributed by atoms with E-state index in [4.69, 9.17) is 16.6 Å². The van der Waals surface area contributed by atoms with Crippen LogP contribution in [0.4, 0.5) is 5.69 Å². The molecule has 2 N–H and O–H groups in total. The van der Waals surface area contributed by atoms with Gasteiger partial charge in [0, 0.05) is 34.0 Å². The number of aromatic nitrogens is 3. The Morgan fingerprint density at radius 3 is 2.50 bits per heavy atom. The average Bonchev–Trinajstić information content (AvgIpc) is 3.28. The van der Waals surface area contributed by atoms with Crippen molar-refractivity contribution in [3.05, 3.63) is 87.5 Å². The maximum Gasteiger partial charge on any atom is 0.227 e. The number of aliphatic imine (C=N–C) groups is 1. The monoisotopic (exact) mass is 473 g/mol. The zero-order valence-corrected chi connectivity index (χ0v) is 19.9. The molecule has 0 bridgehead atoms. The van der Waals surface area contributed by atoms with Crippen LogP contribution in [-0.2, 0) is 4.79 Å². The fraction of sp³-hybridized carbons (Fsp3) is 0.231. The topological polar surface area (TPSA) is 92.4 Å². The van der Waals surface area contributed by atoms with E-state index in [1.54, 1.807) is 12.1 Å². The lowest BCUT2D eigenvalue weighted by Gasteiger charge is -2.15. The second-order valence-corrected chi connectivity index (χ2v) is 9.08. The standard InChI is InChI=1S/C26H24ClN5O2/c1-14-12-22-24(15(14)2)25(17-4-6-18(27)7-5-17)29-21(26-31-30-16(3)32(22)26)13-23(34)28-19-8-10-20(33)11-9-19/h4-11,21,33H,12-13H2,1-3H3,(H,28,34). The summed E-state index contributed by atoms with van der Waals surface area (Å²) in [6.45, 7) is 6.16. The number of nitrogens with zero attached hydrogens (tertiary/aromatic N) is 4. The van der Waals surface area contributed by atoms with Gasteiger partial charge in [0.05, 0.1) is 12.1 Å². The summed E-state index contributed by atoms with van der Waals surface area (Å²) in [5.41, 5.74) is 6.96. The molecule has 2 heterocycles. The number of benzene rings is 2. The number of aromatic hydroxyl groups is 1. The minimum absolute atomic E-state index is 0.0956. The number of anilines is 1. The molecule has 0 fully saturated rings. The summed E-state index contributed by atoms with van der Waals surface area (Å²) in [6.07, 6.45) is 0.866. The molecule has 1 unspecified atom stereocenters. The molecule has 1 aromatic heterocycles. The van der Waals surface area contributed by atoms with Crippen LogP contribution in [0, 0.1) is 6.92 Å². The van der Waals surface area contributed by atoms with Gasteiger partial charge in [-0.25, -0.2) is 0 Å². The van der Waals surface area contributed by atoms with Gasteiger partial charge in [0.2, 0.25) is 5.91 Å². The van der Waals surface area contributed by atoms with Gasteiger partial charge in [0.25, 0.3) is 0 Å². The molecule has 3 aromatic rings. The molecule has 1 aliphatic carbocycles. The van der Waals surface area contributed by atoms with Crippen LogP contribution in [0.25, 0.3) is 5.70 Å². The third kappa shape index (κ3) is 3.92. The number of hydrogen-bond donors (Lipinski definition) is 2. The number of phenols is 1. The molecule has 2 aliphatic rings. The van der Waals surface area contributed by atoms with Crippen molar-refractivity contribution in [1.82, 2.24) is 14.8 Å². The van der Waals surface area contributed by atoms with E-state index >= 15 is 0 Å². The number of halogens is 1. The van der Waals surface area contributed by atoms with E-state index in [0.29, 0.717) is 16.5 Å². The summed E-state index contributed by atoms with van der Waals surface area (Å²) in [6, 6.07) is 13.5. The van der Waals surface area contributed by atoms with Crippen LogP contribution in [0.1, 0.15) is 49.9 Å². The van der Waals surface area contributed by atoms with Gasteiger partial charge in [0.15, 0.2) is 5.82 Å².